The smallest absolute Gasteiger partial charge is 0.412 e. The summed E-state index contributed by atoms with van der Waals surface area (Å²) in [6.07, 6.45) is 1.17. The number of benzene rings is 2. The number of aromatic amines is 1. The Bertz CT molecular complexity index is 1630. The Hall–Kier alpha value is -4.37. The van der Waals surface area contributed by atoms with Crippen LogP contribution in [0.1, 0.15) is 40.2 Å². The van der Waals surface area contributed by atoms with E-state index in [9.17, 15) is 9.59 Å². The first-order chi connectivity index (χ1) is 20.4. The van der Waals surface area contributed by atoms with E-state index in [1.165, 1.54) is 5.69 Å². The summed E-state index contributed by atoms with van der Waals surface area (Å²) in [5, 5.41) is 6.77. The predicted molar refractivity (Wildman–Crippen MR) is 175 cm³/mol. The Morgan fingerprint density at radius 1 is 0.953 bits per heavy atom. The number of likely N-dealkylation sites (N-methyl/N-ethyl adjacent to an activating group) is 1. The fraction of sp³-hybridized carbons (Fsp3) is 0.382. The van der Waals surface area contributed by atoms with Crippen molar-refractivity contribution in [3.05, 3.63) is 60.3 Å². The zero-order valence-corrected chi connectivity index (χ0v) is 26.2. The average Bonchev–Trinajstić information content (AvgIpc) is 3.32. The molecule has 43 heavy (non-hydrogen) atoms. The van der Waals surface area contributed by atoms with Gasteiger partial charge in [-0.15, -0.1) is 0 Å². The van der Waals surface area contributed by atoms with E-state index in [0.717, 1.165) is 59.5 Å². The molecule has 1 saturated heterocycles. The van der Waals surface area contributed by atoms with E-state index in [0.29, 0.717) is 17.0 Å². The highest BCUT2D eigenvalue weighted by Gasteiger charge is 2.21. The second-order valence-electron chi connectivity index (χ2n) is 12.6. The maximum absolute atomic E-state index is 12.7. The zero-order valence-electron chi connectivity index (χ0n) is 26.2. The van der Waals surface area contributed by atoms with Crippen LogP contribution in [0.2, 0.25) is 0 Å². The second kappa shape index (κ2) is 12.1. The number of pyridine rings is 1. The summed E-state index contributed by atoms with van der Waals surface area (Å²) in [5.41, 5.74) is 7.25. The van der Waals surface area contributed by atoms with Crippen molar-refractivity contribution in [1.29, 1.82) is 0 Å². The summed E-state index contributed by atoms with van der Waals surface area (Å²) in [4.78, 5) is 38.1. The van der Waals surface area contributed by atoms with Gasteiger partial charge < -0.3 is 24.8 Å². The molecule has 0 unspecified atom stereocenters. The van der Waals surface area contributed by atoms with Crippen LogP contribution in [-0.2, 0) is 9.53 Å². The highest BCUT2D eigenvalue weighted by atomic mass is 16.6. The van der Waals surface area contributed by atoms with E-state index < -0.39 is 11.7 Å². The summed E-state index contributed by atoms with van der Waals surface area (Å²) in [5.74, 6) is -0.230. The van der Waals surface area contributed by atoms with Crippen LogP contribution in [0.5, 0.6) is 0 Å². The number of carbonyl (C=O) groups is 2. The van der Waals surface area contributed by atoms with Gasteiger partial charge in [-0.25, -0.2) is 9.78 Å². The second-order valence-corrected chi connectivity index (χ2v) is 12.6. The van der Waals surface area contributed by atoms with Crippen molar-refractivity contribution in [2.24, 2.45) is 5.92 Å². The Morgan fingerprint density at radius 2 is 1.63 bits per heavy atom. The molecule has 9 nitrogen and oxygen atoms in total. The van der Waals surface area contributed by atoms with Crippen LogP contribution in [0.15, 0.2) is 54.7 Å². The summed E-state index contributed by atoms with van der Waals surface area (Å²) < 4.78 is 5.52. The van der Waals surface area contributed by atoms with Gasteiger partial charge in [-0.1, -0.05) is 38.1 Å². The van der Waals surface area contributed by atoms with Crippen molar-refractivity contribution in [3.8, 4) is 22.4 Å². The predicted octanol–water partition coefficient (Wildman–Crippen LogP) is 6.90. The number of hydrogen-bond acceptors (Lipinski definition) is 6. The van der Waals surface area contributed by atoms with Crippen LogP contribution < -0.4 is 15.5 Å². The van der Waals surface area contributed by atoms with Crippen LogP contribution in [0.3, 0.4) is 0 Å². The Morgan fingerprint density at radius 3 is 2.28 bits per heavy atom. The largest absolute Gasteiger partial charge is 0.444 e. The number of nitrogens with one attached hydrogen (secondary N) is 3. The molecule has 0 aliphatic carbocycles. The molecule has 0 atom stereocenters. The molecule has 4 aromatic rings. The number of carbonyl (C=O) groups excluding carboxylic acids is 2. The van der Waals surface area contributed by atoms with Crippen LogP contribution in [-0.4, -0.2) is 65.7 Å². The topological polar surface area (TPSA) is 103 Å². The van der Waals surface area contributed by atoms with Gasteiger partial charge >= 0.3 is 6.09 Å². The number of aromatic nitrogens is 2. The molecule has 1 aliphatic rings. The van der Waals surface area contributed by atoms with Crippen molar-refractivity contribution in [3.63, 3.8) is 0 Å². The van der Waals surface area contributed by atoms with E-state index in [2.05, 4.69) is 61.7 Å². The quantitative estimate of drug-likeness (QED) is 0.229. The van der Waals surface area contributed by atoms with Gasteiger partial charge in [0.15, 0.2) is 0 Å². The number of amides is 2. The first kappa shape index (κ1) is 30.1. The van der Waals surface area contributed by atoms with Crippen LogP contribution >= 0.6 is 0 Å². The van der Waals surface area contributed by atoms with Crippen molar-refractivity contribution in [2.45, 2.75) is 47.1 Å². The highest BCUT2D eigenvalue weighted by Crippen LogP contribution is 2.40. The zero-order chi connectivity index (χ0) is 30.9. The van der Waals surface area contributed by atoms with Gasteiger partial charge in [-0.3, -0.25) is 10.1 Å². The lowest BCUT2D eigenvalue weighted by Crippen LogP contribution is -2.44. The van der Waals surface area contributed by atoms with Gasteiger partial charge in [0.2, 0.25) is 5.91 Å². The molecule has 9 heteroatoms. The van der Waals surface area contributed by atoms with E-state index >= 15 is 0 Å². The molecule has 0 saturated carbocycles. The molecule has 0 bridgehead atoms. The SMILES string of the molecule is Cc1ccc(-c2c(-c3ccc(N4CCN(C)CC4)cc3)[nH]c3ncc(NC(=O)C(C)C)cc23)cc1NC(=O)OC(C)(C)C. The fourth-order valence-corrected chi connectivity index (χ4v) is 5.17. The summed E-state index contributed by atoms with van der Waals surface area (Å²) in [6, 6.07) is 16.6. The summed E-state index contributed by atoms with van der Waals surface area (Å²) >= 11 is 0. The minimum Gasteiger partial charge on any atom is -0.444 e. The molecular weight excluding hydrogens is 540 g/mol. The van der Waals surface area contributed by atoms with Crippen LogP contribution in [0, 0.1) is 12.8 Å². The van der Waals surface area contributed by atoms with Crippen molar-refractivity contribution in [2.75, 3.05) is 48.8 Å². The number of anilines is 3. The number of hydrogen-bond donors (Lipinski definition) is 3. The minimum atomic E-state index is -0.613. The van der Waals surface area contributed by atoms with Gasteiger partial charge in [0.1, 0.15) is 11.2 Å². The van der Waals surface area contributed by atoms with E-state index in [-0.39, 0.29) is 11.8 Å². The third-order valence-electron chi connectivity index (χ3n) is 7.63. The van der Waals surface area contributed by atoms with Gasteiger partial charge in [-0.05, 0) is 75.7 Å². The number of aryl methyl sites for hydroxylation is 1. The molecule has 2 amide bonds. The molecule has 5 rings (SSSR count). The Kier molecular flexibility index (Phi) is 8.46. The third kappa shape index (κ3) is 7.00. The number of piperazine rings is 1. The summed E-state index contributed by atoms with van der Waals surface area (Å²) in [6.45, 7) is 15.3. The molecule has 0 spiro atoms. The lowest BCUT2D eigenvalue weighted by Gasteiger charge is -2.34. The normalized spacial score (nSPS) is 14.3. The number of fused-ring (bicyclic) bond motifs is 1. The first-order valence-corrected chi connectivity index (χ1v) is 14.9. The van der Waals surface area contributed by atoms with Crippen molar-refractivity contribution < 1.29 is 14.3 Å². The van der Waals surface area contributed by atoms with Crippen molar-refractivity contribution in [1.82, 2.24) is 14.9 Å². The molecule has 3 heterocycles. The van der Waals surface area contributed by atoms with Crippen LogP contribution in [0.4, 0.5) is 21.9 Å². The minimum absolute atomic E-state index is 0.0721. The highest BCUT2D eigenvalue weighted by molar-refractivity contribution is 6.05. The van der Waals surface area contributed by atoms with Gasteiger partial charge in [0.05, 0.1) is 17.6 Å². The van der Waals surface area contributed by atoms with E-state index in [1.54, 1.807) is 6.20 Å². The molecule has 2 aromatic carbocycles. The Balaban J connectivity index is 1.58. The first-order valence-electron chi connectivity index (χ1n) is 14.9. The van der Waals surface area contributed by atoms with Gasteiger partial charge in [0.25, 0.3) is 0 Å². The molecule has 1 aliphatic heterocycles. The molecule has 1 fully saturated rings. The molecular formula is C34H42N6O3. The summed E-state index contributed by atoms with van der Waals surface area (Å²) in [7, 11) is 2.16. The number of rotatable bonds is 6. The number of H-pyrrole nitrogens is 1. The average molecular weight is 583 g/mol. The molecule has 226 valence electrons. The standard InChI is InChI=1S/C34H42N6O3/c1-21(2)32(41)36-25-19-27-29(24-9-8-22(3)28(18-24)37-33(42)43-34(4,5)6)30(38-31(27)35-20-25)23-10-12-26(13-11-23)40-16-14-39(7)15-17-40/h8-13,18-21H,14-17H2,1-7H3,(H,35,38)(H,36,41)(H,37,42). The Labute approximate surface area is 253 Å². The maximum atomic E-state index is 12.7. The number of nitrogens with zero attached hydrogens (tertiary/aromatic N) is 3. The number of ether oxygens (including phenoxy) is 1. The lowest BCUT2D eigenvalue weighted by atomic mass is 9.97. The fourth-order valence-electron chi connectivity index (χ4n) is 5.17. The lowest BCUT2D eigenvalue weighted by molar-refractivity contribution is -0.118. The molecule has 3 N–H and O–H groups in total. The van der Waals surface area contributed by atoms with Gasteiger partial charge in [0, 0.05) is 54.4 Å². The van der Waals surface area contributed by atoms with Crippen LogP contribution in [0.25, 0.3) is 33.4 Å². The molecule has 2 aromatic heterocycles. The molecule has 0 radical (unpaired) electrons. The van der Waals surface area contributed by atoms with Crippen molar-refractivity contribution >= 4 is 40.1 Å². The monoisotopic (exact) mass is 582 g/mol. The van der Waals surface area contributed by atoms with Gasteiger partial charge in [-0.2, -0.15) is 0 Å². The van der Waals surface area contributed by atoms with E-state index in [1.807, 2.05) is 65.8 Å². The maximum Gasteiger partial charge on any atom is 0.412 e. The van der Waals surface area contributed by atoms with E-state index in [4.69, 9.17) is 4.74 Å². The third-order valence-corrected chi connectivity index (χ3v) is 7.63.